The van der Waals surface area contributed by atoms with Crippen molar-refractivity contribution in [1.29, 1.82) is 5.26 Å². The average molecular weight is 427 g/mol. The Morgan fingerprint density at radius 3 is 2.56 bits per heavy atom. The van der Waals surface area contributed by atoms with Crippen molar-refractivity contribution in [2.75, 3.05) is 23.3 Å². The average Bonchev–Trinajstić information content (AvgIpc) is 2.78. The van der Waals surface area contributed by atoms with Crippen molar-refractivity contribution in [3.05, 3.63) is 77.5 Å². The predicted octanol–water partition coefficient (Wildman–Crippen LogP) is 4.79. The lowest BCUT2D eigenvalue weighted by Gasteiger charge is -2.36. The van der Waals surface area contributed by atoms with Crippen molar-refractivity contribution in [2.45, 2.75) is 33.0 Å². The van der Waals surface area contributed by atoms with Gasteiger partial charge in [-0.15, -0.1) is 0 Å². The van der Waals surface area contributed by atoms with E-state index < -0.39 is 0 Å². The fourth-order valence-electron chi connectivity index (χ4n) is 4.10. The molecule has 6 heteroatoms. The number of nitrogens with zero attached hydrogens (tertiary/aromatic N) is 3. The summed E-state index contributed by atoms with van der Waals surface area (Å²) in [6.07, 6.45) is 1.91. The largest absolute Gasteiger partial charge is 0.372 e. The summed E-state index contributed by atoms with van der Waals surface area (Å²) in [5, 5.41) is 12.0. The number of benzene rings is 2. The van der Waals surface area contributed by atoms with E-state index in [0.29, 0.717) is 16.8 Å². The van der Waals surface area contributed by atoms with Gasteiger partial charge in [-0.3, -0.25) is 4.79 Å². The summed E-state index contributed by atoms with van der Waals surface area (Å²) in [5.74, 6) is 0.642. The van der Waals surface area contributed by atoms with Crippen molar-refractivity contribution in [2.24, 2.45) is 0 Å². The number of ether oxygens (including phenoxy) is 1. The van der Waals surface area contributed by atoms with Crippen LogP contribution in [-0.2, 0) is 4.74 Å². The highest BCUT2D eigenvalue weighted by Crippen LogP contribution is 2.27. The fourth-order valence-corrected chi connectivity index (χ4v) is 4.10. The summed E-state index contributed by atoms with van der Waals surface area (Å²) in [6, 6.07) is 19.1. The molecule has 0 aliphatic carbocycles. The second kappa shape index (κ2) is 9.21. The number of hydrogen-bond acceptors (Lipinski definition) is 5. The highest BCUT2D eigenvalue weighted by Gasteiger charge is 2.23. The van der Waals surface area contributed by atoms with Crippen LogP contribution in [0.3, 0.4) is 0 Å². The molecule has 0 saturated carbocycles. The van der Waals surface area contributed by atoms with Gasteiger partial charge in [0, 0.05) is 25.0 Å². The van der Waals surface area contributed by atoms with E-state index in [1.165, 1.54) is 0 Å². The quantitative estimate of drug-likeness (QED) is 0.649. The zero-order valence-corrected chi connectivity index (χ0v) is 18.5. The zero-order valence-electron chi connectivity index (χ0n) is 18.5. The van der Waals surface area contributed by atoms with E-state index >= 15 is 0 Å². The molecule has 32 heavy (non-hydrogen) atoms. The van der Waals surface area contributed by atoms with E-state index in [1.807, 2.05) is 49.4 Å². The van der Waals surface area contributed by atoms with Crippen LogP contribution in [0.25, 0.3) is 11.1 Å². The number of carbonyl (C=O) groups is 1. The minimum atomic E-state index is -0.207. The van der Waals surface area contributed by atoms with Gasteiger partial charge in [-0.25, -0.2) is 4.98 Å². The standard InChI is InChI=1S/C26H26N4O2/c1-17-11-20(13-27)7-9-24(17)21-5-4-6-23(12-21)29-26(31)22-8-10-25(28-14-22)30-15-18(2)32-19(3)16-30/h4-12,14,18-19H,15-16H2,1-3H3,(H,29,31)/t18-,19+. The molecule has 4 rings (SSSR count). The first kappa shape index (κ1) is 21.5. The van der Waals surface area contributed by atoms with Crippen LogP contribution in [0.15, 0.2) is 60.8 Å². The molecule has 0 bridgehead atoms. The van der Waals surface area contributed by atoms with Gasteiger partial charge in [-0.05, 0) is 73.9 Å². The van der Waals surface area contributed by atoms with E-state index in [-0.39, 0.29) is 18.1 Å². The molecule has 6 nitrogen and oxygen atoms in total. The monoisotopic (exact) mass is 426 g/mol. The SMILES string of the molecule is Cc1cc(C#N)ccc1-c1cccc(NC(=O)c2ccc(N3C[C@@H](C)O[C@@H](C)C3)nc2)c1. The van der Waals surface area contributed by atoms with E-state index in [9.17, 15) is 4.79 Å². The molecule has 2 heterocycles. The number of anilines is 2. The van der Waals surface area contributed by atoms with Crippen LogP contribution in [-0.4, -0.2) is 36.2 Å². The Morgan fingerprint density at radius 1 is 1.12 bits per heavy atom. The van der Waals surface area contributed by atoms with Gasteiger partial charge in [0.05, 0.1) is 29.4 Å². The van der Waals surface area contributed by atoms with Crippen molar-refractivity contribution in [3.63, 3.8) is 0 Å². The van der Waals surface area contributed by atoms with Crippen LogP contribution in [0.4, 0.5) is 11.5 Å². The molecule has 0 unspecified atom stereocenters. The second-order valence-corrected chi connectivity index (χ2v) is 8.24. The highest BCUT2D eigenvalue weighted by molar-refractivity contribution is 6.04. The molecule has 1 aromatic heterocycles. The molecule has 162 valence electrons. The van der Waals surface area contributed by atoms with Crippen molar-refractivity contribution in [3.8, 4) is 17.2 Å². The number of aryl methyl sites for hydroxylation is 1. The van der Waals surface area contributed by atoms with Gasteiger partial charge in [0.25, 0.3) is 5.91 Å². The van der Waals surface area contributed by atoms with Gasteiger partial charge in [-0.2, -0.15) is 5.26 Å². The Morgan fingerprint density at radius 2 is 1.91 bits per heavy atom. The van der Waals surface area contributed by atoms with Crippen molar-refractivity contribution >= 4 is 17.4 Å². The third-order valence-corrected chi connectivity index (χ3v) is 5.54. The topological polar surface area (TPSA) is 78.2 Å². The summed E-state index contributed by atoms with van der Waals surface area (Å²) >= 11 is 0. The first-order chi connectivity index (χ1) is 15.4. The minimum absolute atomic E-state index is 0.149. The van der Waals surface area contributed by atoms with Gasteiger partial charge in [0.1, 0.15) is 5.82 Å². The molecule has 2 aromatic carbocycles. The first-order valence-corrected chi connectivity index (χ1v) is 10.7. The van der Waals surface area contributed by atoms with Crippen LogP contribution in [0.2, 0.25) is 0 Å². The molecule has 3 aromatic rings. The third-order valence-electron chi connectivity index (χ3n) is 5.54. The molecule has 0 spiro atoms. The van der Waals surface area contributed by atoms with Crippen molar-refractivity contribution < 1.29 is 9.53 Å². The number of nitriles is 1. The number of amides is 1. The molecule has 1 N–H and O–H groups in total. The first-order valence-electron chi connectivity index (χ1n) is 10.7. The Kier molecular flexibility index (Phi) is 6.20. The molecule has 2 atom stereocenters. The van der Waals surface area contributed by atoms with Gasteiger partial charge in [-0.1, -0.05) is 18.2 Å². The lowest BCUT2D eigenvalue weighted by Crippen LogP contribution is -2.45. The molecule has 1 fully saturated rings. The maximum absolute atomic E-state index is 12.8. The maximum Gasteiger partial charge on any atom is 0.257 e. The number of rotatable bonds is 4. The number of morpholine rings is 1. The zero-order chi connectivity index (χ0) is 22.7. The van der Waals surface area contributed by atoms with Gasteiger partial charge in [0.15, 0.2) is 0 Å². The molecular weight excluding hydrogens is 400 g/mol. The molecular formula is C26H26N4O2. The van der Waals surface area contributed by atoms with Gasteiger partial charge in [0.2, 0.25) is 0 Å². The minimum Gasteiger partial charge on any atom is -0.372 e. The fraction of sp³-hybridized carbons (Fsp3) is 0.269. The molecule has 1 aliphatic heterocycles. The van der Waals surface area contributed by atoms with Crippen LogP contribution in [0, 0.1) is 18.3 Å². The normalized spacial score (nSPS) is 18.1. The molecule has 1 amide bonds. The Hall–Kier alpha value is -3.69. The summed E-state index contributed by atoms with van der Waals surface area (Å²) in [5.41, 5.74) is 4.86. The summed E-state index contributed by atoms with van der Waals surface area (Å²) in [4.78, 5) is 19.5. The molecule has 0 radical (unpaired) electrons. The Bertz CT molecular complexity index is 1160. The smallest absolute Gasteiger partial charge is 0.257 e. The van der Waals surface area contributed by atoms with Crippen LogP contribution >= 0.6 is 0 Å². The van der Waals surface area contributed by atoms with Crippen LogP contribution in [0.5, 0.6) is 0 Å². The Balaban J connectivity index is 1.47. The van der Waals surface area contributed by atoms with Gasteiger partial charge < -0.3 is 15.0 Å². The predicted molar refractivity (Wildman–Crippen MR) is 126 cm³/mol. The number of nitrogens with one attached hydrogen (secondary N) is 1. The summed E-state index contributed by atoms with van der Waals surface area (Å²) < 4.78 is 5.78. The second-order valence-electron chi connectivity index (χ2n) is 8.24. The number of pyridine rings is 1. The number of aromatic nitrogens is 1. The van der Waals surface area contributed by atoms with Crippen molar-refractivity contribution in [1.82, 2.24) is 4.98 Å². The summed E-state index contributed by atoms with van der Waals surface area (Å²) in [6.45, 7) is 7.65. The molecule has 1 saturated heterocycles. The third kappa shape index (κ3) is 4.79. The number of hydrogen-bond donors (Lipinski definition) is 1. The number of carbonyl (C=O) groups excluding carboxylic acids is 1. The highest BCUT2D eigenvalue weighted by atomic mass is 16.5. The van der Waals surface area contributed by atoms with E-state index in [0.717, 1.165) is 35.6 Å². The van der Waals surface area contributed by atoms with Crippen LogP contribution in [0.1, 0.15) is 35.3 Å². The maximum atomic E-state index is 12.8. The van der Waals surface area contributed by atoms with E-state index in [4.69, 9.17) is 10.00 Å². The van der Waals surface area contributed by atoms with E-state index in [1.54, 1.807) is 18.3 Å². The van der Waals surface area contributed by atoms with E-state index in [2.05, 4.69) is 35.1 Å². The lowest BCUT2D eigenvalue weighted by molar-refractivity contribution is -0.00546. The van der Waals surface area contributed by atoms with Gasteiger partial charge >= 0.3 is 0 Å². The lowest BCUT2D eigenvalue weighted by atomic mass is 9.98. The summed E-state index contributed by atoms with van der Waals surface area (Å²) in [7, 11) is 0. The molecule has 1 aliphatic rings. The Labute approximate surface area is 188 Å². The van der Waals surface area contributed by atoms with Crippen LogP contribution < -0.4 is 10.2 Å².